The quantitative estimate of drug-likeness (QED) is 0.837. The number of rotatable bonds is 1. The third-order valence-corrected chi connectivity index (χ3v) is 4.22. The Balaban J connectivity index is 1.93. The fourth-order valence-corrected chi connectivity index (χ4v) is 2.80. The molecule has 1 atom stereocenters. The van der Waals surface area contributed by atoms with Crippen LogP contribution in [-0.2, 0) is 4.79 Å². The zero-order valence-electron chi connectivity index (χ0n) is 11.5. The van der Waals surface area contributed by atoms with Crippen molar-refractivity contribution in [2.24, 2.45) is 11.3 Å². The van der Waals surface area contributed by atoms with Crippen LogP contribution in [0, 0.1) is 18.3 Å². The first-order valence-electron chi connectivity index (χ1n) is 6.65. The van der Waals surface area contributed by atoms with Gasteiger partial charge in [0.15, 0.2) is 0 Å². The number of hydrogen-bond donors (Lipinski definition) is 1. The van der Waals surface area contributed by atoms with E-state index in [2.05, 4.69) is 28.5 Å². The summed E-state index contributed by atoms with van der Waals surface area (Å²) in [5, 5.41) is 3.02. The number of pyridine rings is 1. The number of aromatic nitrogens is 1. The molecule has 1 amide bonds. The number of allylic oxidation sites excluding steroid dienone is 4. The van der Waals surface area contributed by atoms with Crippen molar-refractivity contribution in [1.29, 1.82) is 0 Å². The molecule has 0 radical (unpaired) electrons. The first kappa shape index (κ1) is 12.2. The van der Waals surface area contributed by atoms with Crippen LogP contribution < -0.4 is 5.32 Å². The molecule has 1 aromatic heterocycles. The van der Waals surface area contributed by atoms with E-state index in [4.69, 9.17) is 0 Å². The number of hydrogen-bond acceptors (Lipinski definition) is 2. The van der Waals surface area contributed by atoms with Crippen molar-refractivity contribution < 1.29 is 4.79 Å². The van der Waals surface area contributed by atoms with Gasteiger partial charge in [0.2, 0.25) is 5.91 Å². The van der Waals surface area contributed by atoms with Crippen molar-refractivity contribution >= 4 is 11.5 Å². The van der Waals surface area contributed by atoms with Gasteiger partial charge in [-0.2, -0.15) is 0 Å². The molecule has 2 aliphatic rings. The standard InChI is InChI=1S/C16H18N2O/c1-10-4-5-12(9-17-10)11-6-7-13-14(8-11)18-15(19)16(13,2)3/h4-6,8-9,13H,7H2,1-3H3,(H,18,19). The molecule has 3 nitrogen and oxygen atoms in total. The summed E-state index contributed by atoms with van der Waals surface area (Å²) in [7, 11) is 0. The van der Waals surface area contributed by atoms with E-state index >= 15 is 0 Å². The molecule has 2 heterocycles. The van der Waals surface area contributed by atoms with E-state index in [0.29, 0.717) is 0 Å². The lowest BCUT2D eigenvalue weighted by atomic mass is 9.75. The fraction of sp³-hybridized carbons (Fsp3) is 0.375. The largest absolute Gasteiger partial charge is 0.329 e. The third kappa shape index (κ3) is 1.89. The summed E-state index contributed by atoms with van der Waals surface area (Å²) < 4.78 is 0. The molecule has 3 heteroatoms. The van der Waals surface area contributed by atoms with E-state index < -0.39 is 0 Å². The van der Waals surface area contributed by atoms with Crippen LogP contribution in [0.15, 0.2) is 36.2 Å². The van der Waals surface area contributed by atoms with Gasteiger partial charge in [-0.1, -0.05) is 26.0 Å². The number of nitrogens with zero attached hydrogens (tertiary/aromatic N) is 1. The van der Waals surface area contributed by atoms with Crippen molar-refractivity contribution in [2.45, 2.75) is 27.2 Å². The van der Waals surface area contributed by atoms with E-state index in [9.17, 15) is 4.79 Å². The van der Waals surface area contributed by atoms with Gasteiger partial charge in [-0.05, 0) is 36.6 Å². The predicted molar refractivity (Wildman–Crippen MR) is 75.1 cm³/mol. The Morgan fingerprint density at radius 3 is 2.84 bits per heavy atom. The summed E-state index contributed by atoms with van der Waals surface area (Å²) in [5.74, 6) is 0.405. The normalized spacial score (nSPS) is 24.4. The molecule has 0 aromatic carbocycles. The molecule has 1 saturated heterocycles. The van der Waals surface area contributed by atoms with Gasteiger partial charge in [-0.15, -0.1) is 0 Å². The first-order chi connectivity index (χ1) is 8.98. The average Bonchev–Trinajstić information content (AvgIpc) is 2.61. The predicted octanol–water partition coefficient (Wildman–Crippen LogP) is 2.83. The van der Waals surface area contributed by atoms with Gasteiger partial charge in [-0.25, -0.2) is 0 Å². The Morgan fingerprint density at radius 2 is 2.16 bits per heavy atom. The number of nitrogens with one attached hydrogen (secondary N) is 1. The lowest BCUT2D eigenvalue weighted by Gasteiger charge is -2.25. The van der Waals surface area contributed by atoms with E-state index in [1.807, 2.05) is 33.0 Å². The molecule has 0 bridgehead atoms. The topological polar surface area (TPSA) is 42.0 Å². The minimum Gasteiger partial charge on any atom is -0.329 e. The Hall–Kier alpha value is -1.90. The third-order valence-electron chi connectivity index (χ3n) is 4.22. The van der Waals surface area contributed by atoms with Gasteiger partial charge >= 0.3 is 0 Å². The number of amides is 1. The first-order valence-corrected chi connectivity index (χ1v) is 6.65. The van der Waals surface area contributed by atoms with Crippen molar-refractivity contribution in [2.75, 3.05) is 0 Å². The van der Waals surface area contributed by atoms with Crippen LogP contribution in [0.25, 0.3) is 5.57 Å². The van der Waals surface area contributed by atoms with Crippen LogP contribution in [0.3, 0.4) is 0 Å². The van der Waals surface area contributed by atoms with Gasteiger partial charge in [0.25, 0.3) is 0 Å². The molecule has 1 aromatic rings. The lowest BCUT2D eigenvalue weighted by molar-refractivity contribution is -0.127. The summed E-state index contributed by atoms with van der Waals surface area (Å²) in [6.45, 7) is 6.01. The molecule has 1 N–H and O–H groups in total. The zero-order chi connectivity index (χ0) is 13.6. The van der Waals surface area contributed by atoms with Crippen LogP contribution in [0.4, 0.5) is 0 Å². The van der Waals surface area contributed by atoms with E-state index in [1.54, 1.807) is 0 Å². The summed E-state index contributed by atoms with van der Waals surface area (Å²) in [4.78, 5) is 16.3. The molecule has 0 spiro atoms. The summed E-state index contributed by atoms with van der Waals surface area (Å²) >= 11 is 0. The second-order valence-electron chi connectivity index (χ2n) is 5.91. The summed E-state index contributed by atoms with van der Waals surface area (Å²) in [5.41, 5.74) is 4.01. The van der Waals surface area contributed by atoms with Gasteiger partial charge in [0, 0.05) is 23.5 Å². The molecule has 3 rings (SSSR count). The van der Waals surface area contributed by atoms with E-state index in [0.717, 1.165) is 28.9 Å². The number of carbonyl (C=O) groups is 1. The highest BCUT2D eigenvalue weighted by Crippen LogP contribution is 2.43. The van der Waals surface area contributed by atoms with Crippen molar-refractivity contribution in [1.82, 2.24) is 10.3 Å². The van der Waals surface area contributed by atoms with E-state index in [1.165, 1.54) is 0 Å². The SMILES string of the molecule is Cc1ccc(C2=CCC3C(=C2)NC(=O)C3(C)C)cn1. The molecule has 98 valence electrons. The molecule has 1 unspecified atom stereocenters. The second kappa shape index (κ2) is 4.05. The maximum absolute atomic E-state index is 12.0. The van der Waals surface area contributed by atoms with Gasteiger partial charge in [0.1, 0.15) is 0 Å². The number of carbonyl (C=O) groups excluding carboxylic acids is 1. The molecular formula is C16H18N2O. The van der Waals surface area contributed by atoms with Crippen LogP contribution in [-0.4, -0.2) is 10.9 Å². The van der Waals surface area contributed by atoms with Crippen molar-refractivity contribution in [3.05, 3.63) is 47.4 Å². The number of fused-ring (bicyclic) bond motifs is 1. The summed E-state index contributed by atoms with van der Waals surface area (Å²) in [6.07, 6.45) is 7.09. The molecule has 19 heavy (non-hydrogen) atoms. The summed E-state index contributed by atoms with van der Waals surface area (Å²) in [6, 6.07) is 4.09. The zero-order valence-corrected chi connectivity index (χ0v) is 11.5. The minimum atomic E-state index is -0.306. The number of aryl methyl sites for hydroxylation is 1. The van der Waals surface area contributed by atoms with Crippen LogP contribution in [0.2, 0.25) is 0 Å². The maximum Gasteiger partial charge on any atom is 0.230 e. The fourth-order valence-electron chi connectivity index (χ4n) is 2.80. The lowest BCUT2D eigenvalue weighted by Crippen LogP contribution is -2.28. The highest BCUT2D eigenvalue weighted by atomic mass is 16.2. The molecule has 1 aliphatic heterocycles. The molecule has 0 saturated carbocycles. The van der Waals surface area contributed by atoms with Gasteiger partial charge in [-0.3, -0.25) is 9.78 Å². The smallest absolute Gasteiger partial charge is 0.230 e. The molecule has 1 fully saturated rings. The maximum atomic E-state index is 12.0. The van der Waals surface area contributed by atoms with Crippen LogP contribution in [0.1, 0.15) is 31.5 Å². The van der Waals surface area contributed by atoms with Crippen LogP contribution in [0.5, 0.6) is 0 Å². The van der Waals surface area contributed by atoms with Gasteiger partial charge in [0.05, 0.1) is 5.41 Å². The Morgan fingerprint density at radius 1 is 1.37 bits per heavy atom. The second-order valence-corrected chi connectivity index (χ2v) is 5.91. The Labute approximate surface area is 113 Å². The highest BCUT2D eigenvalue weighted by molar-refractivity contribution is 5.90. The van der Waals surface area contributed by atoms with Crippen molar-refractivity contribution in [3.63, 3.8) is 0 Å². The Kier molecular flexibility index (Phi) is 2.59. The average molecular weight is 254 g/mol. The van der Waals surface area contributed by atoms with Crippen molar-refractivity contribution in [3.8, 4) is 0 Å². The molecular weight excluding hydrogens is 236 g/mol. The minimum absolute atomic E-state index is 0.125. The monoisotopic (exact) mass is 254 g/mol. The van der Waals surface area contributed by atoms with E-state index in [-0.39, 0.29) is 17.2 Å². The highest BCUT2D eigenvalue weighted by Gasteiger charge is 2.45. The van der Waals surface area contributed by atoms with Crippen LogP contribution >= 0.6 is 0 Å². The molecule has 1 aliphatic carbocycles. The van der Waals surface area contributed by atoms with Gasteiger partial charge < -0.3 is 5.32 Å². The Bertz CT molecular complexity index is 594.